The minimum Gasteiger partial charge on any atom is -0.477 e. The van der Waals surface area contributed by atoms with E-state index in [4.69, 9.17) is 0 Å². The molecule has 1 aromatic heterocycles. The number of fused-ring (bicyclic) bond motifs is 3. The maximum absolute atomic E-state index is 14.9. The third-order valence-electron chi connectivity index (χ3n) is 5.91. The van der Waals surface area contributed by atoms with Gasteiger partial charge in [-0.2, -0.15) is 0 Å². The minimum atomic E-state index is -1.29. The van der Waals surface area contributed by atoms with Gasteiger partial charge in [-0.15, -0.1) is 0 Å². The molecule has 4 rings (SSSR count). The van der Waals surface area contributed by atoms with E-state index in [1.807, 2.05) is 6.92 Å². The number of hydrogen-bond donors (Lipinski definition) is 1. The number of aromatic nitrogens is 1. The molecule has 2 unspecified atom stereocenters. The molecule has 2 atom stereocenters. The number of benzene rings is 1. The Morgan fingerprint density at radius 3 is 2.50 bits per heavy atom. The lowest BCUT2D eigenvalue weighted by atomic mass is 10.1. The first kappa shape index (κ1) is 17.0. The van der Waals surface area contributed by atoms with Gasteiger partial charge >= 0.3 is 5.97 Å². The van der Waals surface area contributed by atoms with Crippen LogP contribution in [0, 0.1) is 5.82 Å². The summed E-state index contributed by atoms with van der Waals surface area (Å²) in [6, 6.07) is 3.75. The average Bonchev–Trinajstić information content (AvgIpc) is 2.83. The lowest BCUT2D eigenvalue weighted by Gasteiger charge is -2.40. The number of hydrogen-bond acceptors (Lipinski definition) is 4. The van der Waals surface area contributed by atoms with Crippen molar-refractivity contribution in [3.63, 3.8) is 0 Å². The average molecular weight is 359 g/mol. The molecule has 0 radical (unpaired) electrons. The van der Waals surface area contributed by atoms with Gasteiger partial charge in [0.2, 0.25) is 5.43 Å². The normalized spacial score (nSPS) is 23.0. The molecule has 3 heterocycles. The molecule has 1 N–H and O–H groups in total. The molecule has 2 bridgehead atoms. The maximum atomic E-state index is 14.9. The van der Waals surface area contributed by atoms with Crippen molar-refractivity contribution in [2.45, 2.75) is 38.4 Å². The highest BCUT2D eigenvalue weighted by atomic mass is 19.1. The Bertz CT molecular complexity index is 941. The minimum absolute atomic E-state index is 0.116. The van der Waals surface area contributed by atoms with Crippen LogP contribution in [-0.2, 0) is 6.54 Å². The van der Waals surface area contributed by atoms with Gasteiger partial charge in [0.15, 0.2) is 0 Å². The smallest absolute Gasteiger partial charge is 0.341 e. The van der Waals surface area contributed by atoms with E-state index in [0.717, 1.165) is 25.9 Å². The molecule has 26 heavy (non-hydrogen) atoms. The van der Waals surface area contributed by atoms with Crippen LogP contribution in [0.25, 0.3) is 10.9 Å². The van der Waals surface area contributed by atoms with E-state index < -0.39 is 17.2 Å². The summed E-state index contributed by atoms with van der Waals surface area (Å²) in [7, 11) is 2.12. The summed E-state index contributed by atoms with van der Waals surface area (Å²) in [6.07, 6.45) is 3.59. The van der Waals surface area contributed by atoms with Gasteiger partial charge in [-0.05, 0) is 38.9 Å². The highest BCUT2D eigenvalue weighted by molar-refractivity contribution is 5.93. The lowest BCUT2D eigenvalue weighted by Crippen LogP contribution is -2.52. The number of aryl methyl sites for hydroxylation is 1. The standard InChI is InChI=1S/C19H22FN3O3/c1-3-22-10-14(19(25)26)18(24)13-6-15(20)17(7-16(13)22)23-8-11-4-5-12(9-23)21(11)2/h6-7,10-12H,3-5,8-9H2,1-2H3,(H,25,26). The number of carbonyl (C=O) groups is 1. The SMILES string of the molecule is CCn1cc(C(=O)O)c(=O)c2cc(F)c(N3CC4CCC(C3)N4C)cc21. The summed E-state index contributed by atoms with van der Waals surface area (Å²) in [5.74, 6) is -1.76. The van der Waals surface area contributed by atoms with Gasteiger partial charge in [0, 0.05) is 43.3 Å². The number of carboxylic acids is 1. The Balaban J connectivity index is 1.85. The highest BCUT2D eigenvalue weighted by Crippen LogP contribution is 2.33. The van der Waals surface area contributed by atoms with Crippen LogP contribution < -0.4 is 10.3 Å². The molecule has 2 saturated heterocycles. The molecule has 0 aliphatic carbocycles. The third kappa shape index (κ3) is 2.49. The molecule has 1 aromatic carbocycles. The van der Waals surface area contributed by atoms with Gasteiger partial charge in [0.1, 0.15) is 11.4 Å². The van der Waals surface area contributed by atoms with Crippen LogP contribution >= 0.6 is 0 Å². The first-order valence-corrected chi connectivity index (χ1v) is 8.97. The molecule has 0 amide bonds. The van der Waals surface area contributed by atoms with Gasteiger partial charge in [-0.25, -0.2) is 9.18 Å². The predicted octanol–water partition coefficient (Wildman–Crippen LogP) is 2.14. The van der Waals surface area contributed by atoms with E-state index in [2.05, 4.69) is 16.8 Å². The van der Waals surface area contributed by atoms with Crippen LogP contribution in [0.4, 0.5) is 10.1 Å². The number of carboxylic acid groups (broad SMARTS) is 1. The molecule has 2 aromatic rings. The molecule has 138 valence electrons. The number of anilines is 1. The molecule has 0 spiro atoms. The second-order valence-electron chi connectivity index (χ2n) is 7.24. The van der Waals surface area contributed by atoms with E-state index in [1.165, 1.54) is 12.3 Å². The fourth-order valence-electron chi connectivity index (χ4n) is 4.37. The zero-order valence-electron chi connectivity index (χ0n) is 14.9. The zero-order valence-corrected chi connectivity index (χ0v) is 14.9. The summed E-state index contributed by atoms with van der Waals surface area (Å²) in [5, 5.41) is 9.36. The largest absolute Gasteiger partial charge is 0.477 e. The van der Waals surface area contributed by atoms with Crippen molar-refractivity contribution < 1.29 is 14.3 Å². The van der Waals surface area contributed by atoms with E-state index in [-0.39, 0.29) is 10.9 Å². The Morgan fingerprint density at radius 1 is 1.27 bits per heavy atom. The quantitative estimate of drug-likeness (QED) is 0.910. The van der Waals surface area contributed by atoms with Crippen molar-refractivity contribution in [1.82, 2.24) is 9.47 Å². The zero-order chi connectivity index (χ0) is 18.6. The van der Waals surface area contributed by atoms with E-state index in [0.29, 0.717) is 29.8 Å². The number of pyridine rings is 1. The maximum Gasteiger partial charge on any atom is 0.341 e. The van der Waals surface area contributed by atoms with Crippen molar-refractivity contribution in [1.29, 1.82) is 0 Å². The van der Waals surface area contributed by atoms with Crippen LogP contribution in [-0.4, -0.2) is 52.8 Å². The molecule has 2 aliphatic heterocycles. The van der Waals surface area contributed by atoms with Crippen molar-refractivity contribution >= 4 is 22.6 Å². The van der Waals surface area contributed by atoms with E-state index in [9.17, 15) is 19.1 Å². The predicted molar refractivity (Wildman–Crippen MR) is 97.6 cm³/mol. The van der Waals surface area contributed by atoms with Gasteiger partial charge in [0.25, 0.3) is 0 Å². The number of piperazine rings is 1. The second-order valence-corrected chi connectivity index (χ2v) is 7.24. The lowest BCUT2D eigenvalue weighted by molar-refractivity contribution is 0.0695. The van der Waals surface area contributed by atoms with Crippen LogP contribution in [0.5, 0.6) is 0 Å². The van der Waals surface area contributed by atoms with Crippen molar-refractivity contribution in [2.24, 2.45) is 0 Å². The van der Waals surface area contributed by atoms with E-state index in [1.54, 1.807) is 10.6 Å². The van der Waals surface area contributed by atoms with Gasteiger partial charge in [-0.3, -0.25) is 9.69 Å². The summed E-state index contributed by atoms with van der Waals surface area (Å²) in [5.41, 5.74) is 0.0996. The van der Waals surface area contributed by atoms with Crippen LogP contribution in [0.15, 0.2) is 23.1 Å². The first-order valence-electron chi connectivity index (χ1n) is 8.97. The summed E-state index contributed by atoms with van der Waals surface area (Å²) in [6.45, 7) is 3.89. The van der Waals surface area contributed by atoms with Crippen LogP contribution in [0.2, 0.25) is 0 Å². The highest BCUT2D eigenvalue weighted by Gasteiger charge is 2.38. The number of nitrogens with zero attached hydrogens (tertiary/aromatic N) is 3. The second kappa shape index (κ2) is 6.09. The number of rotatable bonds is 3. The van der Waals surface area contributed by atoms with Gasteiger partial charge in [-0.1, -0.05) is 0 Å². The molecular weight excluding hydrogens is 337 g/mol. The fraction of sp³-hybridized carbons (Fsp3) is 0.474. The fourth-order valence-corrected chi connectivity index (χ4v) is 4.37. The molecule has 0 saturated carbocycles. The molecule has 2 fully saturated rings. The monoisotopic (exact) mass is 359 g/mol. The Kier molecular flexibility index (Phi) is 3.99. The van der Waals surface area contributed by atoms with Crippen molar-refractivity contribution in [3.05, 3.63) is 39.9 Å². The van der Waals surface area contributed by atoms with Gasteiger partial charge in [0.05, 0.1) is 11.2 Å². The molecule has 6 nitrogen and oxygen atoms in total. The van der Waals surface area contributed by atoms with Crippen LogP contribution in [0.1, 0.15) is 30.1 Å². The topological polar surface area (TPSA) is 65.8 Å². The Morgan fingerprint density at radius 2 is 1.92 bits per heavy atom. The number of aromatic carboxylic acids is 1. The third-order valence-corrected chi connectivity index (χ3v) is 5.91. The Labute approximate surface area is 150 Å². The molecular formula is C19H22FN3O3. The molecule has 7 heteroatoms. The van der Waals surface area contributed by atoms with Crippen molar-refractivity contribution in [2.75, 3.05) is 25.0 Å². The first-order chi connectivity index (χ1) is 12.4. The van der Waals surface area contributed by atoms with Crippen LogP contribution in [0.3, 0.4) is 0 Å². The number of likely N-dealkylation sites (N-methyl/N-ethyl adjacent to an activating group) is 1. The summed E-state index contributed by atoms with van der Waals surface area (Å²) in [4.78, 5) is 28.2. The Hall–Kier alpha value is -2.41. The van der Waals surface area contributed by atoms with Gasteiger partial charge < -0.3 is 14.6 Å². The molecule has 2 aliphatic rings. The number of halogens is 1. The summed E-state index contributed by atoms with van der Waals surface area (Å²) >= 11 is 0. The van der Waals surface area contributed by atoms with E-state index >= 15 is 0 Å². The summed E-state index contributed by atoms with van der Waals surface area (Å²) < 4.78 is 16.6. The van der Waals surface area contributed by atoms with Crippen molar-refractivity contribution in [3.8, 4) is 0 Å².